The summed E-state index contributed by atoms with van der Waals surface area (Å²) < 4.78 is 55.6. The summed E-state index contributed by atoms with van der Waals surface area (Å²) in [4.78, 5) is 16.0. The number of nitrogens with zero attached hydrogens (tertiary/aromatic N) is 1. The third-order valence-corrected chi connectivity index (χ3v) is 4.46. The van der Waals surface area contributed by atoms with Crippen molar-refractivity contribution >= 4 is 29.2 Å². The number of halogens is 5. The number of aliphatic imine (C=N–C) groups is 1. The van der Waals surface area contributed by atoms with Gasteiger partial charge in [-0.2, -0.15) is 18.6 Å². The number of alkyl halides is 3. The van der Waals surface area contributed by atoms with Gasteiger partial charge in [-0.05, 0) is 29.8 Å². The molecular weight excluding hydrogens is 444 g/mol. The van der Waals surface area contributed by atoms with Crippen molar-refractivity contribution < 1.29 is 27.5 Å². The predicted molar refractivity (Wildman–Crippen MR) is 107 cm³/mol. The molecule has 13 heteroatoms. The standard InChI is InChI=1S/C18H17ClF4N6O2/c19-12-7-9(26-17-27-16(24)28-29-17)6-11(18(21,22)23)14(12)8-1-2-13(20)10(5-8)15(31)25-3-4-30/h1-2,5-7,16,28,30H,3-4,24H2,(H,25,31)(H2,26,27,29). The second kappa shape index (κ2) is 9.06. The molecule has 1 aliphatic heterocycles. The summed E-state index contributed by atoms with van der Waals surface area (Å²) in [6.45, 7) is -0.528. The lowest BCUT2D eigenvalue weighted by molar-refractivity contribution is -0.137. The van der Waals surface area contributed by atoms with Gasteiger partial charge >= 0.3 is 6.18 Å². The van der Waals surface area contributed by atoms with Crippen LogP contribution in [0.4, 0.5) is 23.2 Å². The molecule has 1 aliphatic rings. The van der Waals surface area contributed by atoms with Crippen molar-refractivity contribution in [2.24, 2.45) is 10.7 Å². The average molecular weight is 461 g/mol. The number of guanidine groups is 1. The van der Waals surface area contributed by atoms with E-state index in [1.165, 1.54) is 6.07 Å². The second-order valence-corrected chi connectivity index (χ2v) is 6.78. The molecule has 1 amide bonds. The van der Waals surface area contributed by atoms with E-state index in [4.69, 9.17) is 22.4 Å². The molecule has 0 aliphatic carbocycles. The topological polar surface area (TPSA) is 124 Å². The Morgan fingerprint density at radius 1 is 1.29 bits per heavy atom. The summed E-state index contributed by atoms with van der Waals surface area (Å²) in [6, 6.07) is 4.97. The number of nitrogens with two attached hydrogens (primary N) is 1. The molecule has 2 aromatic rings. The first-order chi connectivity index (χ1) is 14.6. The smallest absolute Gasteiger partial charge is 0.395 e. The van der Waals surface area contributed by atoms with Gasteiger partial charge in [0.25, 0.3) is 5.91 Å². The maximum atomic E-state index is 14.1. The lowest BCUT2D eigenvalue weighted by atomic mass is 9.96. The molecule has 31 heavy (non-hydrogen) atoms. The van der Waals surface area contributed by atoms with Gasteiger partial charge in [-0.1, -0.05) is 17.7 Å². The van der Waals surface area contributed by atoms with Crippen molar-refractivity contribution in [3.8, 4) is 11.1 Å². The minimum Gasteiger partial charge on any atom is -0.395 e. The van der Waals surface area contributed by atoms with Crippen molar-refractivity contribution in [1.82, 2.24) is 16.2 Å². The molecule has 2 aromatic carbocycles. The highest BCUT2D eigenvalue weighted by Crippen LogP contribution is 2.43. The molecule has 0 saturated heterocycles. The van der Waals surface area contributed by atoms with Crippen molar-refractivity contribution in [3.05, 3.63) is 52.3 Å². The fourth-order valence-corrected chi connectivity index (χ4v) is 3.19. The number of carbonyl (C=O) groups is 1. The molecule has 1 heterocycles. The van der Waals surface area contributed by atoms with Crippen LogP contribution in [0.25, 0.3) is 11.1 Å². The van der Waals surface area contributed by atoms with Crippen LogP contribution in [-0.2, 0) is 6.18 Å². The Bertz CT molecular complexity index is 1030. The number of anilines is 1. The third-order valence-electron chi connectivity index (χ3n) is 4.16. The van der Waals surface area contributed by atoms with Crippen LogP contribution in [0.3, 0.4) is 0 Å². The summed E-state index contributed by atoms with van der Waals surface area (Å²) >= 11 is 6.18. The number of hydrogen-bond acceptors (Lipinski definition) is 7. The zero-order valence-corrected chi connectivity index (χ0v) is 16.4. The van der Waals surface area contributed by atoms with E-state index in [9.17, 15) is 22.4 Å². The molecule has 7 N–H and O–H groups in total. The number of carbonyl (C=O) groups excluding carboxylic acids is 1. The summed E-state index contributed by atoms with van der Waals surface area (Å²) in [5.74, 6) is -1.73. The lowest BCUT2D eigenvalue weighted by Gasteiger charge is -2.18. The van der Waals surface area contributed by atoms with Crippen molar-refractivity contribution in [2.45, 2.75) is 12.5 Å². The van der Waals surface area contributed by atoms with Gasteiger partial charge in [-0.15, -0.1) is 0 Å². The largest absolute Gasteiger partial charge is 0.417 e. The zero-order valence-electron chi connectivity index (χ0n) is 15.6. The summed E-state index contributed by atoms with van der Waals surface area (Å²) in [5.41, 5.74) is 8.46. The van der Waals surface area contributed by atoms with Gasteiger partial charge in [0, 0.05) is 17.8 Å². The minimum absolute atomic E-state index is 0.0220. The van der Waals surface area contributed by atoms with Gasteiger partial charge in [0.2, 0.25) is 5.96 Å². The number of amides is 1. The molecule has 0 bridgehead atoms. The van der Waals surface area contributed by atoms with Gasteiger partial charge in [-0.25, -0.2) is 9.38 Å². The number of aliphatic hydroxyl groups excluding tert-OH is 1. The molecule has 166 valence electrons. The maximum absolute atomic E-state index is 14.1. The van der Waals surface area contributed by atoms with Gasteiger partial charge in [-0.3, -0.25) is 16.0 Å². The van der Waals surface area contributed by atoms with Crippen LogP contribution >= 0.6 is 11.6 Å². The van der Waals surface area contributed by atoms with Crippen LogP contribution in [-0.4, -0.2) is 36.4 Å². The highest BCUT2D eigenvalue weighted by Gasteiger charge is 2.36. The molecule has 3 rings (SSSR count). The number of hydrazine groups is 1. The summed E-state index contributed by atoms with van der Waals surface area (Å²) in [7, 11) is 0. The lowest BCUT2D eigenvalue weighted by Crippen LogP contribution is -2.41. The fraction of sp³-hybridized carbons (Fsp3) is 0.222. The van der Waals surface area contributed by atoms with Gasteiger partial charge in [0.05, 0.1) is 22.8 Å². The first-order valence-corrected chi connectivity index (χ1v) is 9.19. The second-order valence-electron chi connectivity index (χ2n) is 6.37. The van der Waals surface area contributed by atoms with E-state index in [0.717, 1.165) is 24.3 Å². The Labute approximate surface area is 178 Å². The van der Waals surface area contributed by atoms with E-state index < -0.39 is 40.9 Å². The number of nitrogens with one attached hydrogen (secondary N) is 4. The van der Waals surface area contributed by atoms with Gasteiger partial charge in [0.15, 0.2) is 6.29 Å². The van der Waals surface area contributed by atoms with E-state index in [-0.39, 0.29) is 35.4 Å². The third kappa shape index (κ3) is 5.22. The van der Waals surface area contributed by atoms with Gasteiger partial charge in [0.1, 0.15) is 5.82 Å². The van der Waals surface area contributed by atoms with Crippen LogP contribution in [0.2, 0.25) is 5.02 Å². The molecule has 0 spiro atoms. The Morgan fingerprint density at radius 2 is 2.03 bits per heavy atom. The predicted octanol–water partition coefficient (Wildman–Crippen LogP) is 2.00. The van der Waals surface area contributed by atoms with Crippen LogP contribution in [0.1, 0.15) is 15.9 Å². The van der Waals surface area contributed by atoms with Crippen LogP contribution < -0.4 is 27.2 Å². The Hall–Kier alpha value is -2.93. The molecule has 0 aromatic heterocycles. The minimum atomic E-state index is -4.82. The monoisotopic (exact) mass is 460 g/mol. The molecule has 0 fully saturated rings. The van der Waals surface area contributed by atoms with Crippen molar-refractivity contribution in [3.63, 3.8) is 0 Å². The molecule has 1 unspecified atom stereocenters. The van der Waals surface area contributed by atoms with E-state index in [2.05, 4.69) is 26.5 Å². The SMILES string of the molecule is NC1N=C(Nc2cc(Cl)c(-c3ccc(F)c(C(=O)NCCO)c3)c(C(F)(F)F)c2)NN1. The maximum Gasteiger partial charge on any atom is 0.417 e. The number of aliphatic hydroxyl groups is 1. The van der Waals surface area contributed by atoms with Crippen LogP contribution in [0, 0.1) is 5.82 Å². The highest BCUT2D eigenvalue weighted by atomic mass is 35.5. The van der Waals surface area contributed by atoms with Crippen LogP contribution in [0.15, 0.2) is 35.3 Å². The molecule has 8 nitrogen and oxygen atoms in total. The van der Waals surface area contributed by atoms with E-state index in [1.54, 1.807) is 0 Å². The Morgan fingerprint density at radius 3 is 2.65 bits per heavy atom. The van der Waals surface area contributed by atoms with Crippen LogP contribution in [0.5, 0.6) is 0 Å². The normalized spacial score (nSPS) is 16.0. The van der Waals surface area contributed by atoms with E-state index in [0.29, 0.717) is 0 Å². The zero-order chi connectivity index (χ0) is 22.8. The van der Waals surface area contributed by atoms with Gasteiger partial charge < -0.3 is 15.7 Å². The molecular formula is C18H17ClF4N6O2. The van der Waals surface area contributed by atoms with E-state index >= 15 is 0 Å². The summed E-state index contributed by atoms with van der Waals surface area (Å²) in [6.07, 6.45) is -5.59. The van der Waals surface area contributed by atoms with Crippen molar-refractivity contribution in [2.75, 3.05) is 18.5 Å². The molecule has 1 atom stereocenters. The fourth-order valence-electron chi connectivity index (χ4n) is 2.86. The molecule has 0 radical (unpaired) electrons. The Kier molecular flexibility index (Phi) is 6.65. The van der Waals surface area contributed by atoms with E-state index in [1.807, 2.05) is 0 Å². The highest BCUT2D eigenvalue weighted by molar-refractivity contribution is 6.34. The number of rotatable bonds is 5. The Balaban J connectivity index is 2.06. The number of hydrogen-bond donors (Lipinski definition) is 6. The average Bonchev–Trinajstić information content (AvgIpc) is 3.10. The summed E-state index contributed by atoms with van der Waals surface area (Å²) in [5, 5.41) is 13.4. The first-order valence-electron chi connectivity index (χ1n) is 8.82. The quantitative estimate of drug-likeness (QED) is 0.379. The van der Waals surface area contributed by atoms with Crippen molar-refractivity contribution in [1.29, 1.82) is 0 Å². The number of benzene rings is 2. The molecule has 0 saturated carbocycles. The first kappa shape index (κ1) is 22.7.